The minimum Gasteiger partial charge on any atom is -0.356 e. The molecule has 3 atom stereocenters. The molecule has 0 fully saturated rings. The van der Waals surface area contributed by atoms with Gasteiger partial charge in [-0.2, -0.15) is 0 Å². The fourth-order valence-corrected chi connectivity index (χ4v) is 6.44. The van der Waals surface area contributed by atoms with Crippen LogP contribution in [0.3, 0.4) is 0 Å². The van der Waals surface area contributed by atoms with Gasteiger partial charge in [0.25, 0.3) is 0 Å². The SMILES string of the molecule is CCNC(=O)CCC(CC(CC(CSc1nc2ccccc2s1)C(=O)NCC)C(=O)NCC)C(=O)NCC. The van der Waals surface area contributed by atoms with Crippen molar-refractivity contribution in [2.45, 2.75) is 57.7 Å². The van der Waals surface area contributed by atoms with Crippen LogP contribution >= 0.6 is 23.1 Å². The summed E-state index contributed by atoms with van der Waals surface area (Å²) in [5.74, 6) is -1.65. The number of carbonyl (C=O) groups excluding carboxylic acids is 4. The molecule has 0 aliphatic carbocycles. The van der Waals surface area contributed by atoms with Crippen LogP contribution in [0.1, 0.15) is 53.4 Å². The average Bonchev–Trinajstić information content (AvgIpc) is 3.31. The van der Waals surface area contributed by atoms with Gasteiger partial charge < -0.3 is 21.3 Å². The third kappa shape index (κ3) is 10.2. The number of aromatic nitrogens is 1. The van der Waals surface area contributed by atoms with Crippen molar-refractivity contribution in [3.8, 4) is 0 Å². The Kier molecular flexibility index (Phi) is 14.1. The van der Waals surface area contributed by atoms with Crippen LogP contribution in [0, 0.1) is 17.8 Å². The van der Waals surface area contributed by atoms with Crippen LogP contribution in [0.15, 0.2) is 28.6 Å². The van der Waals surface area contributed by atoms with Crippen molar-refractivity contribution in [1.82, 2.24) is 26.3 Å². The number of nitrogens with one attached hydrogen (secondary N) is 4. The molecule has 1 heterocycles. The van der Waals surface area contributed by atoms with Gasteiger partial charge in [0.1, 0.15) is 0 Å². The van der Waals surface area contributed by atoms with Crippen LogP contribution < -0.4 is 21.3 Å². The lowest BCUT2D eigenvalue weighted by Gasteiger charge is -2.25. The zero-order valence-corrected chi connectivity index (χ0v) is 24.4. The number of amides is 4. The Morgan fingerprint density at radius 2 is 1.34 bits per heavy atom. The normalized spacial score (nSPS) is 13.4. The molecule has 0 saturated carbocycles. The summed E-state index contributed by atoms with van der Waals surface area (Å²) in [7, 11) is 0. The van der Waals surface area contributed by atoms with Gasteiger partial charge in [-0.25, -0.2) is 4.98 Å². The second kappa shape index (κ2) is 17.0. The lowest BCUT2D eigenvalue weighted by molar-refractivity contribution is -0.129. The summed E-state index contributed by atoms with van der Waals surface area (Å²) in [6, 6.07) is 7.90. The molecule has 4 amide bonds. The number of para-hydroxylation sites is 1. The van der Waals surface area contributed by atoms with Gasteiger partial charge in [0.15, 0.2) is 4.34 Å². The summed E-state index contributed by atoms with van der Waals surface area (Å²) in [5.41, 5.74) is 0.923. The second-order valence-corrected chi connectivity index (χ2v) is 11.3. The van der Waals surface area contributed by atoms with E-state index >= 15 is 0 Å². The molecule has 1 aromatic carbocycles. The van der Waals surface area contributed by atoms with Crippen LogP contribution in [0.4, 0.5) is 0 Å². The van der Waals surface area contributed by atoms with Crippen molar-refractivity contribution in [1.29, 1.82) is 0 Å². The summed E-state index contributed by atoms with van der Waals surface area (Å²) in [6.07, 6.45) is 1.09. The van der Waals surface area contributed by atoms with Crippen molar-refractivity contribution in [2.75, 3.05) is 31.9 Å². The van der Waals surface area contributed by atoms with Crippen LogP contribution in [0.25, 0.3) is 10.2 Å². The monoisotopic (exact) mass is 563 g/mol. The first-order chi connectivity index (χ1) is 18.3. The van der Waals surface area contributed by atoms with Gasteiger partial charge >= 0.3 is 0 Å². The Balaban J connectivity index is 2.22. The van der Waals surface area contributed by atoms with Gasteiger partial charge in [-0.3, -0.25) is 19.2 Å². The van der Waals surface area contributed by atoms with Crippen LogP contribution in [-0.2, 0) is 19.2 Å². The molecule has 11 heteroatoms. The molecule has 210 valence electrons. The number of benzene rings is 1. The minimum absolute atomic E-state index is 0.118. The van der Waals surface area contributed by atoms with E-state index in [1.165, 1.54) is 11.8 Å². The van der Waals surface area contributed by atoms with E-state index in [2.05, 4.69) is 26.3 Å². The fraction of sp³-hybridized carbons (Fsp3) is 0.593. The highest BCUT2D eigenvalue weighted by Gasteiger charge is 2.32. The van der Waals surface area contributed by atoms with E-state index < -0.39 is 17.8 Å². The van der Waals surface area contributed by atoms with Crippen molar-refractivity contribution in [3.05, 3.63) is 24.3 Å². The molecule has 2 rings (SSSR count). The lowest BCUT2D eigenvalue weighted by atomic mass is 9.84. The molecule has 0 radical (unpaired) electrons. The standard InChI is InChI=1S/C27H41N5O4S2/c1-5-28-23(33)14-13-18(24(34)29-6-2)15-19(25(35)30-7-3)16-20(26(36)31-8-4)17-37-27-32-21-11-9-10-12-22(21)38-27/h9-12,18-20H,5-8,13-17H2,1-4H3,(H,28,33)(H,29,34)(H,30,35)(H,31,36). The second-order valence-electron chi connectivity index (χ2n) is 9.00. The number of hydrogen-bond donors (Lipinski definition) is 4. The molecular weight excluding hydrogens is 522 g/mol. The zero-order valence-electron chi connectivity index (χ0n) is 22.8. The molecule has 1 aromatic heterocycles. The maximum atomic E-state index is 13.1. The number of thiazole rings is 1. The summed E-state index contributed by atoms with van der Waals surface area (Å²) in [5, 5.41) is 11.4. The molecule has 2 aromatic rings. The highest BCUT2D eigenvalue weighted by molar-refractivity contribution is 8.01. The van der Waals surface area contributed by atoms with Gasteiger partial charge in [0.2, 0.25) is 23.6 Å². The predicted molar refractivity (Wildman–Crippen MR) is 154 cm³/mol. The Morgan fingerprint density at radius 1 is 0.789 bits per heavy atom. The Hall–Kier alpha value is -2.66. The zero-order chi connectivity index (χ0) is 27.9. The maximum absolute atomic E-state index is 13.1. The van der Waals surface area contributed by atoms with Gasteiger partial charge in [-0.05, 0) is 59.1 Å². The summed E-state index contributed by atoms with van der Waals surface area (Å²) >= 11 is 3.09. The van der Waals surface area contributed by atoms with E-state index in [9.17, 15) is 19.2 Å². The molecular formula is C27H41N5O4S2. The molecule has 4 N–H and O–H groups in total. The topological polar surface area (TPSA) is 129 Å². The maximum Gasteiger partial charge on any atom is 0.223 e. The van der Waals surface area contributed by atoms with E-state index in [0.717, 1.165) is 14.6 Å². The number of fused-ring (bicyclic) bond motifs is 1. The van der Waals surface area contributed by atoms with E-state index in [1.807, 2.05) is 52.0 Å². The average molecular weight is 564 g/mol. The lowest BCUT2D eigenvalue weighted by Crippen LogP contribution is -2.40. The van der Waals surface area contributed by atoms with Crippen LogP contribution in [0.5, 0.6) is 0 Å². The first-order valence-electron chi connectivity index (χ1n) is 13.4. The van der Waals surface area contributed by atoms with Gasteiger partial charge in [0.05, 0.1) is 10.2 Å². The molecule has 3 unspecified atom stereocenters. The van der Waals surface area contributed by atoms with Gasteiger partial charge in [0, 0.05) is 56.1 Å². The number of hydrogen-bond acceptors (Lipinski definition) is 7. The third-order valence-corrected chi connectivity index (χ3v) is 8.42. The smallest absolute Gasteiger partial charge is 0.223 e. The number of carbonyl (C=O) groups is 4. The molecule has 38 heavy (non-hydrogen) atoms. The predicted octanol–water partition coefficient (Wildman–Crippen LogP) is 3.34. The van der Waals surface area contributed by atoms with Crippen molar-refractivity contribution in [2.24, 2.45) is 17.8 Å². The molecule has 0 spiro atoms. The summed E-state index contributed by atoms with van der Waals surface area (Å²) < 4.78 is 1.96. The minimum atomic E-state index is -0.555. The number of nitrogens with zero attached hydrogens (tertiary/aromatic N) is 1. The van der Waals surface area contributed by atoms with Crippen LogP contribution in [0.2, 0.25) is 0 Å². The molecule has 0 saturated heterocycles. The Morgan fingerprint density at radius 3 is 1.95 bits per heavy atom. The van der Waals surface area contributed by atoms with Gasteiger partial charge in [-0.1, -0.05) is 23.9 Å². The van der Waals surface area contributed by atoms with E-state index in [4.69, 9.17) is 0 Å². The van der Waals surface area contributed by atoms with E-state index in [1.54, 1.807) is 11.3 Å². The fourth-order valence-electron chi connectivity index (χ4n) is 4.24. The molecule has 0 bridgehead atoms. The number of thioether (sulfide) groups is 1. The summed E-state index contributed by atoms with van der Waals surface area (Å²) in [4.78, 5) is 55.8. The first-order valence-corrected chi connectivity index (χ1v) is 15.2. The van der Waals surface area contributed by atoms with Crippen molar-refractivity contribution >= 4 is 56.9 Å². The Labute approximate surface area is 233 Å². The van der Waals surface area contributed by atoms with Gasteiger partial charge in [-0.15, -0.1) is 11.3 Å². The number of rotatable bonds is 17. The van der Waals surface area contributed by atoms with E-state index in [-0.39, 0.29) is 36.5 Å². The highest BCUT2D eigenvalue weighted by Crippen LogP contribution is 2.33. The third-order valence-electron chi connectivity index (χ3n) is 6.08. The quantitative estimate of drug-likeness (QED) is 0.219. The highest BCUT2D eigenvalue weighted by atomic mass is 32.2. The summed E-state index contributed by atoms with van der Waals surface area (Å²) in [6.45, 7) is 9.31. The molecule has 0 aliphatic rings. The molecule has 0 aliphatic heterocycles. The van der Waals surface area contributed by atoms with Crippen molar-refractivity contribution < 1.29 is 19.2 Å². The van der Waals surface area contributed by atoms with Crippen LogP contribution in [-0.4, -0.2) is 60.5 Å². The first kappa shape index (κ1) is 31.6. The largest absolute Gasteiger partial charge is 0.356 e. The molecule has 9 nitrogen and oxygen atoms in total. The van der Waals surface area contributed by atoms with Crippen molar-refractivity contribution in [3.63, 3.8) is 0 Å². The Bertz CT molecular complexity index is 1030. The van der Waals surface area contributed by atoms with E-state index in [0.29, 0.717) is 44.8 Å².